The van der Waals surface area contributed by atoms with Crippen LogP contribution in [0.3, 0.4) is 0 Å². The first kappa shape index (κ1) is 13.1. The fourth-order valence-corrected chi connectivity index (χ4v) is 2.46. The first-order valence-electron chi connectivity index (χ1n) is 5.45. The van der Waals surface area contributed by atoms with Crippen molar-refractivity contribution in [1.29, 1.82) is 0 Å². The van der Waals surface area contributed by atoms with E-state index >= 15 is 0 Å². The number of nitrogens with zero attached hydrogens (tertiary/aromatic N) is 2. The number of carbonyl (C=O) groups is 1. The second-order valence-electron chi connectivity index (χ2n) is 4.31. The first-order chi connectivity index (χ1) is 8.36. The SMILES string of the molecule is C[C@H]1CCN(C(=O)Nc2nc(C(F)(F)F)cs2)C1. The quantitative estimate of drug-likeness (QED) is 0.858. The van der Waals surface area contributed by atoms with Crippen LogP contribution in [-0.2, 0) is 6.18 Å². The largest absolute Gasteiger partial charge is 0.434 e. The average Bonchev–Trinajstić information content (AvgIpc) is 2.85. The van der Waals surface area contributed by atoms with E-state index in [1.54, 1.807) is 4.90 Å². The van der Waals surface area contributed by atoms with Gasteiger partial charge in [0.25, 0.3) is 0 Å². The molecular weight excluding hydrogens is 267 g/mol. The summed E-state index contributed by atoms with van der Waals surface area (Å²) in [6.07, 6.45) is -3.55. The van der Waals surface area contributed by atoms with E-state index < -0.39 is 11.9 Å². The molecular formula is C10H12F3N3OS. The number of alkyl halides is 3. The van der Waals surface area contributed by atoms with Crippen LogP contribution in [0.1, 0.15) is 19.0 Å². The normalized spacial score (nSPS) is 20.2. The van der Waals surface area contributed by atoms with Crippen LogP contribution in [0.5, 0.6) is 0 Å². The molecule has 0 aliphatic carbocycles. The maximum atomic E-state index is 12.3. The molecule has 1 aliphatic rings. The van der Waals surface area contributed by atoms with Crippen molar-refractivity contribution < 1.29 is 18.0 Å². The molecule has 1 atom stereocenters. The van der Waals surface area contributed by atoms with E-state index in [9.17, 15) is 18.0 Å². The Hall–Kier alpha value is -1.31. The Morgan fingerprint density at radius 3 is 2.83 bits per heavy atom. The van der Waals surface area contributed by atoms with Gasteiger partial charge in [0, 0.05) is 18.5 Å². The summed E-state index contributed by atoms with van der Waals surface area (Å²) in [5.41, 5.74) is -0.974. The number of rotatable bonds is 1. The van der Waals surface area contributed by atoms with Gasteiger partial charge in [0.2, 0.25) is 0 Å². The minimum Gasteiger partial charge on any atom is -0.324 e. The summed E-state index contributed by atoms with van der Waals surface area (Å²) in [5.74, 6) is 0.429. The van der Waals surface area contributed by atoms with Crippen LogP contribution in [0.15, 0.2) is 5.38 Å². The highest BCUT2D eigenvalue weighted by Crippen LogP contribution is 2.31. The fourth-order valence-electron chi connectivity index (χ4n) is 1.75. The number of anilines is 1. The number of thiazole rings is 1. The van der Waals surface area contributed by atoms with E-state index in [1.165, 1.54) is 0 Å². The minimum absolute atomic E-state index is 0.0214. The Kier molecular flexibility index (Phi) is 3.47. The Balaban J connectivity index is 1.97. The molecule has 1 saturated heterocycles. The Morgan fingerprint density at radius 1 is 1.61 bits per heavy atom. The predicted octanol–water partition coefficient (Wildman–Crippen LogP) is 3.04. The average molecular weight is 279 g/mol. The molecule has 1 fully saturated rings. The summed E-state index contributed by atoms with van der Waals surface area (Å²) in [5, 5.41) is 3.26. The number of carbonyl (C=O) groups excluding carboxylic acids is 1. The summed E-state index contributed by atoms with van der Waals surface area (Å²) in [6, 6.07) is -0.387. The third-order valence-corrected chi connectivity index (χ3v) is 3.48. The molecule has 2 rings (SSSR count). The number of hydrogen-bond acceptors (Lipinski definition) is 3. The summed E-state index contributed by atoms with van der Waals surface area (Å²) in [4.78, 5) is 16.6. The van der Waals surface area contributed by atoms with Gasteiger partial charge < -0.3 is 4.90 Å². The molecule has 0 saturated carbocycles. The van der Waals surface area contributed by atoms with Crippen molar-refractivity contribution >= 4 is 22.5 Å². The summed E-state index contributed by atoms with van der Waals surface area (Å²) in [6.45, 7) is 3.28. The van der Waals surface area contributed by atoms with Gasteiger partial charge in [-0.2, -0.15) is 13.2 Å². The van der Waals surface area contributed by atoms with Crippen molar-refractivity contribution in [2.24, 2.45) is 5.92 Å². The van der Waals surface area contributed by atoms with Gasteiger partial charge in [-0.1, -0.05) is 6.92 Å². The molecule has 0 radical (unpaired) electrons. The molecule has 18 heavy (non-hydrogen) atoms. The van der Waals surface area contributed by atoms with Gasteiger partial charge in [-0.15, -0.1) is 11.3 Å². The lowest BCUT2D eigenvalue weighted by atomic mass is 10.2. The molecule has 1 aromatic heterocycles. The van der Waals surface area contributed by atoms with Crippen LogP contribution in [-0.4, -0.2) is 29.0 Å². The van der Waals surface area contributed by atoms with Crippen molar-refractivity contribution in [2.75, 3.05) is 18.4 Å². The van der Waals surface area contributed by atoms with Gasteiger partial charge in [-0.25, -0.2) is 9.78 Å². The van der Waals surface area contributed by atoms with Crippen LogP contribution in [0.2, 0.25) is 0 Å². The zero-order chi connectivity index (χ0) is 13.3. The monoisotopic (exact) mass is 279 g/mol. The Labute approximate surface area is 106 Å². The zero-order valence-corrected chi connectivity index (χ0v) is 10.4. The van der Waals surface area contributed by atoms with Crippen LogP contribution in [0.4, 0.5) is 23.1 Å². The third kappa shape index (κ3) is 2.92. The van der Waals surface area contributed by atoms with Gasteiger partial charge in [0.1, 0.15) is 0 Å². The van der Waals surface area contributed by atoms with E-state index in [1.807, 2.05) is 6.92 Å². The van der Waals surface area contributed by atoms with Gasteiger partial charge in [-0.3, -0.25) is 5.32 Å². The molecule has 0 unspecified atom stereocenters. The molecule has 0 spiro atoms. The van der Waals surface area contributed by atoms with Crippen LogP contribution in [0.25, 0.3) is 0 Å². The first-order valence-corrected chi connectivity index (χ1v) is 6.33. The minimum atomic E-state index is -4.47. The number of hydrogen-bond donors (Lipinski definition) is 1. The molecule has 1 N–H and O–H groups in total. The lowest BCUT2D eigenvalue weighted by Crippen LogP contribution is -2.32. The molecule has 100 valence electrons. The van der Waals surface area contributed by atoms with Crippen molar-refractivity contribution in [3.8, 4) is 0 Å². The third-order valence-electron chi connectivity index (χ3n) is 2.72. The van der Waals surface area contributed by atoms with Crippen LogP contribution < -0.4 is 5.32 Å². The van der Waals surface area contributed by atoms with Gasteiger partial charge >= 0.3 is 12.2 Å². The Morgan fingerprint density at radius 2 is 2.33 bits per heavy atom. The molecule has 1 aromatic rings. The van der Waals surface area contributed by atoms with Gasteiger partial charge in [0.05, 0.1) is 0 Å². The van der Waals surface area contributed by atoms with Gasteiger partial charge in [-0.05, 0) is 12.3 Å². The highest BCUT2D eigenvalue weighted by molar-refractivity contribution is 7.13. The summed E-state index contributed by atoms with van der Waals surface area (Å²) in [7, 11) is 0. The van der Waals surface area contributed by atoms with Gasteiger partial charge in [0.15, 0.2) is 10.8 Å². The highest BCUT2D eigenvalue weighted by Gasteiger charge is 2.34. The van der Waals surface area contributed by atoms with E-state index in [0.717, 1.165) is 23.1 Å². The molecule has 8 heteroatoms. The van der Waals surface area contributed by atoms with E-state index in [0.29, 0.717) is 19.0 Å². The van der Waals surface area contributed by atoms with Crippen molar-refractivity contribution in [1.82, 2.24) is 9.88 Å². The van der Waals surface area contributed by atoms with Crippen LogP contribution in [0, 0.1) is 5.92 Å². The number of amides is 2. The lowest BCUT2D eigenvalue weighted by molar-refractivity contribution is -0.140. The van der Waals surface area contributed by atoms with Crippen molar-refractivity contribution in [3.63, 3.8) is 0 Å². The summed E-state index contributed by atoms with van der Waals surface area (Å²) >= 11 is 0.775. The molecule has 4 nitrogen and oxygen atoms in total. The number of urea groups is 1. The smallest absolute Gasteiger partial charge is 0.324 e. The van der Waals surface area contributed by atoms with E-state index in [4.69, 9.17) is 0 Å². The summed E-state index contributed by atoms with van der Waals surface area (Å²) < 4.78 is 36.9. The highest BCUT2D eigenvalue weighted by atomic mass is 32.1. The zero-order valence-electron chi connectivity index (χ0n) is 9.62. The standard InChI is InChI=1S/C10H12F3N3OS/c1-6-2-3-16(4-6)9(17)15-8-14-7(5-18-8)10(11,12)13/h5-6H,2-4H2,1H3,(H,14,15,17)/t6-/m0/s1. The number of nitrogens with one attached hydrogen (secondary N) is 1. The second-order valence-corrected chi connectivity index (χ2v) is 5.16. The maximum absolute atomic E-state index is 12.3. The fraction of sp³-hybridized carbons (Fsp3) is 0.600. The number of aromatic nitrogens is 1. The van der Waals surface area contributed by atoms with Crippen LogP contribution >= 0.6 is 11.3 Å². The van der Waals surface area contributed by atoms with Crippen molar-refractivity contribution in [3.05, 3.63) is 11.1 Å². The molecule has 2 heterocycles. The topological polar surface area (TPSA) is 45.2 Å². The lowest BCUT2D eigenvalue weighted by Gasteiger charge is -2.15. The molecule has 1 aliphatic heterocycles. The van der Waals surface area contributed by atoms with E-state index in [-0.39, 0.29) is 11.2 Å². The maximum Gasteiger partial charge on any atom is 0.434 e. The van der Waals surface area contributed by atoms with E-state index in [2.05, 4.69) is 10.3 Å². The number of halogens is 3. The molecule has 0 bridgehead atoms. The number of likely N-dealkylation sites (tertiary alicyclic amines) is 1. The Bertz CT molecular complexity index is 446. The predicted molar refractivity (Wildman–Crippen MR) is 61.5 cm³/mol. The van der Waals surface area contributed by atoms with Crippen molar-refractivity contribution in [2.45, 2.75) is 19.5 Å². The molecule has 2 amide bonds. The second kappa shape index (κ2) is 4.75. The molecule has 0 aromatic carbocycles.